The van der Waals surface area contributed by atoms with Crippen molar-refractivity contribution >= 4 is 5.91 Å². The van der Waals surface area contributed by atoms with Gasteiger partial charge in [0.05, 0.1) is 18.2 Å². The number of nitrogens with two attached hydrogens (primary N) is 1. The van der Waals surface area contributed by atoms with E-state index in [1.165, 1.54) is 0 Å². The van der Waals surface area contributed by atoms with Crippen LogP contribution in [-0.2, 0) is 9.53 Å². The second kappa shape index (κ2) is 8.68. The molecule has 0 aromatic heterocycles. The van der Waals surface area contributed by atoms with Crippen LogP contribution in [0.25, 0.3) is 0 Å². The van der Waals surface area contributed by atoms with Crippen LogP contribution in [0.1, 0.15) is 26.7 Å². The van der Waals surface area contributed by atoms with Crippen LogP contribution in [0.4, 0.5) is 0 Å². The summed E-state index contributed by atoms with van der Waals surface area (Å²) in [6.07, 6.45) is 1.86. The first-order chi connectivity index (χ1) is 9.90. The number of carbonyl (C=O) groups excluding carboxylic acids is 1. The van der Waals surface area contributed by atoms with Gasteiger partial charge >= 0.3 is 0 Å². The molecule has 1 heterocycles. The SMILES string of the molecule is CNCCC1(CCNC(C(N)=O)C(C)C)CN(C)CCO1. The van der Waals surface area contributed by atoms with E-state index < -0.39 is 0 Å². The van der Waals surface area contributed by atoms with Crippen molar-refractivity contribution in [3.63, 3.8) is 0 Å². The molecule has 1 fully saturated rings. The molecule has 0 saturated carbocycles. The lowest BCUT2D eigenvalue weighted by Gasteiger charge is -2.42. The zero-order valence-electron chi connectivity index (χ0n) is 13.9. The maximum absolute atomic E-state index is 11.4. The Morgan fingerprint density at radius 1 is 1.38 bits per heavy atom. The van der Waals surface area contributed by atoms with E-state index in [4.69, 9.17) is 10.5 Å². The maximum atomic E-state index is 11.4. The summed E-state index contributed by atoms with van der Waals surface area (Å²) in [6.45, 7) is 8.35. The Labute approximate surface area is 128 Å². The minimum atomic E-state index is -0.282. The highest BCUT2D eigenvalue weighted by Gasteiger charge is 2.35. The van der Waals surface area contributed by atoms with Crippen LogP contribution in [-0.4, -0.2) is 69.3 Å². The van der Waals surface area contributed by atoms with Gasteiger partial charge < -0.3 is 26.0 Å². The van der Waals surface area contributed by atoms with Crippen molar-refractivity contribution in [2.45, 2.75) is 38.3 Å². The van der Waals surface area contributed by atoms with Gasteiger partial charge in [0.25, 0.3) is 0 Å². The lowest BCUT2D eigenvalue weighted by atomic mass is 9.92. The number of likely N-dealkylation sites (N-methyl/N-ethyl adjacent to an activating group) is 1. The summed E-state index contributed by atoms with van der Waals surface area (Å²) in [7, 11) is 4.09. The summed E-state index contributed by atoms with van der Waals surface area (Å²) < 4.78 is 6.10. The van der Waals surface area contributed by atoms with Gasteiger partial charge in [-0.15, -0.1) is 0 Å². The Kier molecular flexibility index (Phi) is 7.59. The Balaban J connectivity index is 2.55. The molecule has 2 unspecified atom stereocenters. The average Bonchev–Trinajstić information content (AvgIpc) is 2.40. The molecule has 0 aromatic carbocycles. The summed E-state index contributed by atoms with van der Waals surface area (Å²) in [6, 6.07) is -0.271. The van der Waals surface area contributed by atoms with Crippen molar-refractivity contribution in [3.05, 3.63) is 0 Å². The number of hydrogen-bond donors (Lipinski definition) is 3. The normalized spacial score (nSPS) is 25.2. The molecule has 1 rings (SSSR count). The van der Waals surface area contributed by atoms with Gasteiger partial charge in [-0.25, -0.2) is 0 Å². The zero-order chi connectivity index (χ0) is 15.9. The summed E-state index contributed by atoms with van der Waals surface area (Å²) in [5.74, 6) is -0.0818. The molecule has 1 amide bonds. The van der Waals surface area contributed by atoms with Gasteiger partial charge in [0.1, 0.15) is 0 Å². The number of hydrogen-bond acceptors (Lipinski definition) is 5. The highest BCUT2D eigenvalue weighted by molar-refractivity contribution is 5.80. The number of rotatable bonds is 9. The molecule has 0 bridgehead atoms. The van der Waals surface area contributed by atoms with Crippen molar-refractivity contribution in [1.82, 2.24) is 15.5 Å². The molecular formula is C15H32N4O2. The summed E-state index contributed by atoms with van der Waals surface area (Å²) in [4.78, 5) is 13.7. The third-order valence-corrected chi connectivity index (χ3v) is 4.19. The number of primary amides is 1. The molecule has 124 valence electrons. The summed E-state index contributed by atoms with van der Waals surface area (Å²) in [5, 5.41) is 6.49. The lowest BCUT2D eigenvalue weighted by molar-refractivity contribution is -0.122. The Morgan fingerprint density at radius 3 is 2.57 bits per heavy atom. The van der Waals surface area contributed by atoms with Gasteiger partial charge in [0.2, 0.25) is 5.91 Å². The minimum absolute atomic E-state index is 0.137. The molecule has 1 aliphatic heterocycles. The van der Waals surface area contributed by atoms with E-state index in [2.05, 4.69) is 22.6 Å². The number of nitrogens with zero attached hydrogens (tertiary/aromatic N) is 1. The van der Waals surface area contributed by atoms with Crippen LogP contribution in [0.15, 0.2) is 0 Å². The second-order valence-corrected chi connectivity index (χ2v) is 6.45. The number of morpholine rings is 1. The van der Waals surface area contributed by atoms with E-state index >= 15 is 0 Å². The third kappa shape index (κ3) is 5.90. The highest BCUT2D eigenvalue weighted by Crippen LogP contribution is 2.24. The molecule has 0 radical (unpaired) electrons. The standard InChI is InChI=1S/C15H32N4O2/c1-12(2)13(14(16)20)18-8-6-15(5-7-17-3)11-19(4)9-10-21-15/h12-13,17-18H,5-11H2,1-4H3,(H2,16,20). The number of amides is 1. The highest BCUT2D eigenvalue weighted by atomic mass is 16.5. The van der Waals surface area contributed by atoms with E-state index in [9.17, 15) is 4.79 Å². The average molecular weight is 300 g/mol. The molecule has 1 saturated heterocycles. The minimum Gasteiger partial charge on any atom is -0.372 e. The summed E-state index contributed by atoms with van der Waals surface area (Å²) >= 11 is 0. The maximum Gasteiger partial charge on any atom is 0.234 e. The summed E-state index contributed by atoms with van der Waals surface area (Å²) in [5.41, 5.74) is 5.30. The van der Waals surface area contributed by atoms with E-state index in [-0.39, 0.29) is 23.5 Å². The molecule has 2 atom stereocenters. The van der Waals surface area contributed by atoms with Gasteiger partial charge in [0.15, 0.2) is 0 Å². The van der Waals surface area contributed by atoms with Crippen LogP contribution in [0.3, 0.4) is 0 Å². The first-order valence-corrected chi connectivity index (χ1v) is 7.90. The van der Waals surface area contributed by atoms with Crippen LogP contribution < -0.4 is 16.4 Å². The molecule has 21 heavy (non-hydrogen) atoms. The largest absolute Gasteiger partial charge is 0.372 e. The van der Waals surface area contributed by atoms with Crippen LogP contribution >= 0.6 is 0 Å². The number of nitrogens with one attached hydrogen (secondary N) is 2. The van der Waals surface area contributed by atoms with Gasteiger partial charge in [-0.2, -0.15) is 0 Å². The molecule has 6 heteroatoms. The zero-order valence-corrected chi connectivity index (χ0v) is 13.9. The molecular weight excluding hydrogens is 268 g/mol. The molecule has 0 aromatic rings. The molecule has 4 N–H and O–H groups in total. The van der Waals surface area contributed by atoms with Gasteiger partial charge in [0, 0.05) is 13.1 Å². The Morgan fingerprint density at radius 2 is 2.05 bits per heavy atom. The van der Waals surface area contributed by atoms with Crippen molar-refractivity contribution in [3.8, 4) is 0 Å². The molecule has 0 spiro atoms. The van der Waals surface area contributed by atoms with Gasteiger partial charge in [-0.3, -0.25) is 4.79 Å². The van der Waals surface area contributed by atoms with Gasteiger partial charge in [-0.1, -0.05) is 13.8 Å². The first kappa shape index (κ1) is 18.4. The number of carbonyl (C=O) groups is 1. The quantitative estimate of drug-likeness (QED) is 0.549. The van der Waals surface area contributed by atoms with Crippen molar-refractivity contribution in [1.29, 1.82) is 0 Å². The fourth-order valence-corrected chi connectivity index (χ4v) is 2.94. The number of ether oxygens (including phenoxy) is 1. The van der Waals surface area contributed by atoms with E-state index in [0.717, 1.165) is 45.6 Å². The van der Waals surface area contributed by atoms with Crippen LogP contribution in [0, 0.1) is 5.92 Å². The van der Waals surface area contributed by atoms with Crippen molar-refractivity contribution in [2.75, 3.05) is 46.9 Å². The molecule has 1 aliphatic rings. The first-order valence-electron chi connectivity index (χ1n) is 7.90. The van der Waals surface area contributed by atoms with Crippen molar-refractivity contribution < 1.29 is 9.53 Å². The lowest BCUT2D eigenvalue weighted by Crippen LogP contribution is -2.54. The monoisotopic (exact) mass is 300 g/mol. The van der Waals surface area contributed by atoms with Crippen molar-refractivity contribution in [2.24, 2.45) is 11.7 Å². The topological polar surface area (TPSA) is 79.6 Å². The fourth-order valence-electron chi connectivity index (χ4n) is 2.94. The van der Waals surface area contributed by atoms with E-state index in [1.54, 1.807) is 0 Å². The predicted octanol–water partition coefficient (Wildman–Crippen LogP) is -0.214. The van der Waals surface area contributed by atoms with E-state index in [1.807, 2.05) is 20.9 Å². The smallest absolute Gasteiger partial charge is 0.234 e. The Hall–Kier alpha value is -0.690. The van der Waals surface area contributed by atoms with Crippen LogP contribution in [0.5, 0.6) is 0 Å². The molecule has 0 aliphatic carbocycles. The third-order valence-electron chi connectivity index (χ3n) is 4.19. The second-order valence-electron chi connectivity index (χ2n) is 6.45. The van der Waals surface area contributed by atoms with E-state index in [0.29, 0.717) is 0 Å². The molecule has 6 nitrogen and oxygen atoms in total. The van der Waals surface area contributed by atoms with Crippen LogP contribution in [0.2, 0.25) is 0 Å². The van der Waals surface area contributed by atoms with Gasteiger partial charge in [-0.05, 0) is 45.9 Å². The fraction of sp³-hybridized carbons (Fsp3) is 0.933. The Bertz CT molecular complexity index is 325. The predicted molar refractivity (Wildman–Crippen MR) is 85.2 cm³/mol.